The molecule has 1 fully saturated rings. The van der Waals surface area contributed by atoms with Crippen LogP contribution in [-0.4, -0.2) is 11.0 Å². The zero-order chi connectivity index (χ0) is 12.1. The highest BCUT2D eigenvalue weighted by Gasteiger charge is 2.57. The van der Waals surface area contributed by atoms with Gasteiger partial charge in [-0.05, 0) is 5.41 Å². The summed E-state index contributed by atoms with van der Waals surface area (Å²) in [6.45, 7) is 3.86. The smallest absolute Gasteiger partial charge is 0.305 e. The average molecular weight is 224 g/mol. The van der Waals surface area contributed by atoms with Crippen molar-refractivity contribution < 1.29 is 9.31 Å². The summed E-state index contributed by atoms with van der Waals surface area (Å²) in [5.74, 6) is -0.883. The molecular formula is C11H13FN2O2. The summed E-state index contributed by atoms with van der Waals surface area (Å²) in [5.41, 5.74) is 5.52. The number of hydrogen-bond acceptors (Lipinski definition) is 3. The van der Waals surface area contributed by atoms with E-state index in [0.29, 0.717) is 5.56 Å². The molecule has 0 spiro atoms. The summed E-state index contributed by atoms with van der Waals surface area (Å²) in [6, 6.07) is 4.10. The van der Waals surface area contributed by atoms with Gasteiger partial charge in [-0.2, -0.15) is 4.39 Å². The molecule has 1 saturated carbocycles. The lowest BCUT2D eigenvalue weighted by Crippen LogP contribution is -2.06. The Hall–Kier alpha value is -1.49. The van der Waals surface area contributed by atoms with E-state index in [9.17, 15) is 14.5 Å². The van der Waals surface area contributed by atoms with Gasteiger partial charge in [0, 0.05) is 23.6 Å². The second-order valence-electron chi connectivity index (χ2n) is 4.76. The predicted octanol–water partition coefficient (Wildman–Crippen LogP) is 2.18. The first-order valence-electron chi connectivity index (χ1n) is 5.05. The topological polar surface area (TPSA) is 69.2 Å². The van der Waals surface area contributed by atoms with Crippen LogP contribution >= 0.6 is 0 Å². The summed E-state index contributed by atoms with van der Waals surface area (Å²) < 4.78 is 13.8. The third-order valence-electron chi connectivity index (χ3n) is 3.45. The lowest BCUT2D eigenvalue weighted by molar-refractivity contribution is -0.387. The van der Waals surface area contributed by atoms with E-state index in [1.807, 2.05) is 13.8 Å². The zero-order valence-electron chi connectivity index (χ0n) is 9.11. The molecule has 2 rings (SSSR count). The minimum Gasteiger partial charge on any atom is -0.327 e. The number of nitrogens with two attached hydrogens (primary N) is 1. The SMILES string of the molecule is CC1(C)C(N)C1c1cccc([N+](=O)[O-])c1F. The summed E-state index contributed by atoms with van der Waals surface area (Å²) in [6.07, 6.45) is 0. The van der Waals surface area contributed by atoms with Gasteiger partial charge in [-0.1, -0.05) is 26.0 Å². The van der Waals surface area contributed by atoms with Crippen LogP contribution in [0.1, 0.15) is 25.3 Å². The Balaban J connectivity index is 2.45. The maximum atomic E-state index is 13.8. The van der Waals surface area contributed by atoms with Gasteiger partial charge in [0.1, 0.15) is 0 Å². The number of rotatable bonds is 2. The van der Waals surface area contributed by atoms with E-state index in [1.54, 1.807) is 6.07 Å². The Bertz CT molecular complexity index is 459. The van der Waals surface area contributed by atoms with E-state index >= 15 is 0 Å². The molecule has 1 aromatic rings. The van der Waals surface area contributed by atoms with Crippen LogP contribution in [0.2, 0.25) is 0 Å². The molecule has 1 aliphatic rings. The highest BCUT2D eigenvalue weighted by atomic mass is 19.1. The largest absolute Gasteiger partial charge is 0.327 e. The van der Waals surface area contributed by atoms with Crippen LogP contribution in [0.25, 0.3) is 0 Å². The van der Waals surface area contributed by atoms with Crippen LogP contribution in [0, 0.1) is 21.3 Å². The normalized spacial score (nSPS) is 26.5. The number of benzene rings is 1. The molecule has 16 heavy (non-hydrogen) atoms. The van der Waals surface area contributed by atoms with Crippen molar-refractivity contribution in [2.75, 3.05) is 0 Å². The standard InChI is InChI=1S/C11H13FN2O2/c1-11(2)8(10(11)13)6-4-3-5-7(9(6)12)14(15)16/h3-5,8,10H,13H2,1-2H3. The van der Waals surface area contributed by atoms with Gasteiger partial charge in [-0.25, -0.2) is 0 Å². The fourth-order valence-corrected chi connectivity index (χ4v) is 2.19. The third-order valence-corrected chi connectivity index (χ3v) is 3.45. The Morgan fingerprint density at radius 2 is 2.06 bits per heavy atom. The van der Waals surface area contributed by atoms with Crippen LogP contribution in [0.5, 0.6) is 0 Å². The van der Waals surface area contributed by atoms with E-state index in [1.165, 1.54) is 12.1 Å². The highest BCUT2D eigenvalue weighted by molar-refractivity contribution is 5.43. The van der Waals surface area contributed by atoms with Gasteiger partial charge < -0.3 is 5.73 Å². The number of halogens is 1. The number of nitrogens with zero attached hydrogens (tertiary/aromatic N) is 1. The maximum absolute atomic E-state index is 13.8. The van der Waals surface area contributed by atoms with Crippen molar-refractivity contribution in [1.29, 1.82) is 0 Å². The molecule has 0 radical (unpaired) electrons. The molecule has 0 aliphatic heterocycles. The lowest BCUT2D eigenvalue weighted by Gasteiger charge is -2.04. The fraction of sp³-hybridized carbons (Fsp3) is 0.455. The van der Waals surface area contributed by atoms with E-state index in [2.05, 4.69) is 0 Å². The van der Waals surface area contributed by atoms with Crippen LogP contribution in [0.3, 0.4) is 0 Å². The molecule has 4 nitrogen and oxygen atoms in total. The van der Waals surface area contributed by atoms with Crippen molar-refractivity contribution in [3.63, 3.8) is 0 Å². The van der Waals surface area contributed by atoms with Crippen LogP contribution in [0.15, 0.2) is 18.2 Å². The van der Waals surface area contributed by atoms with Gasteiger partial charge >= 0.3 is 5.69 Å². The van der Waals surface area contributed by atoms with Crippen LogP contribution in [0.4, 0.5) is 10.1 Å². The number of hydrogen-bond donors (Lipinski definition) is 1. The Labute approximate surface area is 92.4 Å². The highest BCUT2D eigenvalue weighted by Crippen LogP contribution is 2.58. The molecule has 1 aromatic carbocycles. The summed E-state index contributed by atoms with van der Waals surface area (Å²) in [4.78, 5) is 9.89. The van der Waals surface area contributed by atoms with Gasteiger partial charge in [0.25, 0.3) is 0 Å². The Kier molecular flexibility index (Phi) is 2.24. The van der Waals surface area contributed by atoms with Crippen LogP contribution < -0.4 is 5.73 Å². The van der Waals surface area contributed by atoms with Crippen molar-refractivity contribution in [1.82, 2.24) is 0 Å². The van der Waals surface area contributed by atoms with Crippen LogP contribution in [-0.2, 0) is 0 Å². The first kappa shape index (κ1) is 11.0. The van der Waals surface area contributed by atoms with Gasteiger partial charge in [0.15, 0.2) is 0 Å². The molecule has 0 saturated heterocycles. The second-order valence-corrected chi connectivity index (χ2v) is 4.76. The number of nitro benzene ring substituents is 1. The lowest BCUT2D eigenvalue weighted by atomic mass is 10.0. The van der Waals surface area contributed by atoms with Gasteiger partial charge in [0.05, 0.1) is 4.92 Å². The molecule has 1 aliphatic carbocycles. The van der Waals surface area contributed by atoms with Crippen molar-refractivity contribution >= 4 is 5.69 Å². The molecule has 2 atom stereocenters. The van der Waals surface area contributed by atoms with Crippen molar-refractivity contribution in [3.05, 3.63) is 39.7 Å². The molecule has 2 unspecified atom stereocenters. The van der Waals surface area contributed by atoms with Gasteiger partial charge in [-0.15, -0.1) is 0 Å². The quantitative estimate of drug-likeness (QED) is 0.618. The minimum atomic E-state index is -0.751. The third kappa shape index (κ3) is 1.39. The second kappa shape index (κ2) is 3.25. The van der Waals surface area contributed by atoms with Gasteiger partial charge in [-0.3, -0.25) is 10.1 Å². The predicted molar refractivity (Wildman–Crippen MR) is 57.6 cm³/mol. The van der Waals surface area contributed by atoms with Crippen molar-refractivity contribution in [3.8, 4) is 0 Å². The zero-order valence-corrected chi connectivity index (χ0v) is 9.11. The number of nitro groups is 1. The molecule has 0 bridgehead atoms. The molecule has 0 amide bonds. The minimum absolute atomic E-state index is 0.132. The fourth-order valence-electron chi connectivity index (χ4n) is 2.19. The van der Waals surface area contributed by atoms with E-state index < -0.39 is 16.4 Å². The Morgan fingerprint density at radius 3 is 2.50 bits per heavy atom. The van der Waals surface area contributed by atoms with E-state index in [4.69, 9.17) is 5.73 Å². The molecular weight excluding hydrogens is 211 g/mol. The Morgan fingerprint density at radius 1 is 1.50 bits per heavy atom. The van der Waals surface area contributed by atoms with Crippen molar-refractivity contribution in [2.45, 2.75) is 25.8 Å². The molecule has 0 heterocycles. The molecule has 5 heteroatoms. The average Bonchev–Trinajstić information content (AvgIpc) is 2.67. The maximum Gasteiger partial charge on any atom is 0.305 e. The first-order chi connectivity index (χ1) is 7.37. The summed E-state index contributed by atoms with van der Waals surface area (Å²) in [5, 5.41) is 10.6. The van der Waals surface area contributed by atoms with E-state index in [-0.39, 0.29) is 17.4 Å². The first-order valence-corrected chi connectivity index (χ1v) is 5.05. The molecule has 0 aromatic heterocycles. The molecule has 86 valence electrons. The van der Waals surface area contributed by atoms with Gasteiger partial charge in [0.2, 0.25) is 5.82 Å². The summed E-state index contributed by atoms with van der Waals surface area (Å²) in [7, 11) is 0. The monoisotopic (exact) mass is 224 g/mol. The molecule has 2 N–H and O–H groups in total. The van der Waals surface area contributed by atoms with Crippen molar-refractivity contribution in [2.24, 2.45) is 11.1 Å². The van der Waals surface area contributed by atoms with E-state index in [0.717, 1.165) is 0 Å². The summed E-state index contributed by atoms with van der Waals surface area (Å²) >= 11 is 0.